The fraction of sp³-hybridized carbons (Fsp3) is 0.167. The van der Waals surface area contributed by atoms with Crippen molar-refractivity contribution in [3.63, 3.8) is 0 Å². The molecule has 1 aromatic carbocycles. The van der Waals surface area contributed by atoms with Crippen LogP contribution in [0.5, 0.6) is 0 Å². The lowest BCUT2D eigenvalue weighted by atomic mass is 10.2. The molecule has 6 heteroatoms. The zero-order valence-corrected chi connectivity index (χ0v) is 12.9. The summed E-state index contributed by atoms with van der Waals surface area (Å²) in [6.45, 7) is 1.90. The molecule has 18 heavy (non-hydrogen) atoms. The van der Waals surface area contributed by atoms with E-state index >= 15 is 0 Å². The second-order valence-electron chi connectivity index (χ2n) is 3.67. The first-order chi connectivity index (χ1) is 8.52. The quantitative estimate of drug-likeness (QED) is 0.865. The maximum Gasteiger partial charge on any atom is 0.163 e. The molecule has 3 nitrogen and oxygen atoms in total. The Hall–Kier alpha value is -0.840. The summed E-state index contributed by atoms with van der Waals surface area (Å²) in [6, 6.07) is 5.23. The third-order valence-electron chi connectivity index (χ3n) is 2.42. The number of aromatic nitrogens is 2. The smallest absolute Gasteiger partial charge is 0.163 e. The van der Waals surface area contributed by atoms with E-state index < -0.39 is 0 Å². The van der Waals surface area contributed by atoms with Crippen molar-refractivity contribution in [1.82, 2.24) is 9.97 Å². The number of rotatable bonds is 2. The van der Waals surface area contributed by atoms with E-state index in [4.69, 9.17) is 23.2 Å². The molecule has 0 aliphatic carbocycles. The van der Waals surface area contributed by atoms with Gasteiger partial charge in [-0.05, 0) is 41.1 Å². The van der Waals surface area contributed by atoms with Crippen LogP contribution in [0.25, 0.3) is 11.4 Å². The first kappa shape index (κ1) is 13.6. The number of aryl methyl sites for hydroxylation is 1. The van der Waals surface area contributed by atoms with Crippen molar-refractivity contribution in [2.75, 3.05) is 12.4 Å². The summed E-state index contributed by atoms with van der Waals surface area (Å²) in [6.07, 6.45) is 0. The van der Waals surface area contributed by atoms with E-state index in [1.807, 2.05) is 6.92 Å². The minimum absolute atomic E-state index is 0.549. The molecule has 0 saturated heterocycles. The molecule has 0 saturated carbocycles. The van der Waals surface area contributed by atoms with E-state index in [2.05, 4.69) is 31.2 Å². The fourth-order valence-corrected chi connectivity index (χ4v) is 2.26. The van der Waals surface area contributed by atoms with Crippen LogP contribution < -0.4 is 5.32 Å². The van der Waals surface area contributed by atoms with Crippen LogP contribution in [0.1, 0.15) is 5.69 Å². The summed E-state index contributed by atoms with van der Waals surface area (Å²) < 4.78 is 0.840. The Morgan fingerprint density at radius 3 is 2.61 bits per heavy atom. The van der Waals surface area contributed by atoms with E-state index in [-0.39, 0.29) is 0 Å². The Morgan fingerprint density at radius 2 is 1.94 bits per heavy atom. The van der Waals surface area contributed by atoms with Crippen molar-refractivity contribution >= 4 is 44.9 Å². The van der Waals surface area contributed by atoms with Crippen LogP contribution >= 0.6 is 39.1 Å². The molecule has 0 atom stereocenters. The van der Waals surface area contributed by atoms with Gasteiger partial charge in [0.25, 0.3) is 0 Å². The molecule has 0 spiro atoms. The van der Waals surface area contributed by atoms with Gasteiger partial charge in [0.15, 0.2) is 5.82 Å². The Morgan fingerprint density at radius 1 is 1.22 bits per heavy atom. The average Bonchev–Trinajstić information content (AvgIpc) is 2.35. The van der Waals surface area contributed by atoms with E-state index in [9.17, 15) is 0 Å². The molecule has 0 bridgehead atoms. The normalized spacial score (nSPS) is 10.5. The molecule has 0 amide bonds. The molecule has 1 N–H and O–H groups in total. The minimum Gasteiger partial charge on any atom is -0.372 e. The van der Waals surface area contributed by atoms with Gasteiger partial charge in [0.05, 0.1) is 15.2 Å². The van der Waals surface area contributed by atoms with Crippen LogP contribution in [0.3, 0.4) is 0 Å². The summed E-state index contributed by atoms with van der Waals surface area (Å²) in [5.41, 5.74) is 1.55. The van der Waals surface area contributed by atoms with Crippen LogP contribution in [0.2, 0.25) is 10.0 Å². The summed E-state index contributed by atoms with van der Waals surface area (Å²) in [4.78, 5) is 8.82. The maximum absolute atomic E-state index is 6.15. The van der Waals surface area contributed by atoms with Gasteiger partial charge >= 0.3 is 0 Å². The highest BCUT2D eigenvalue weighted by atomic mass is 79.9. The molecule has 1 aromatic heterocycles. The highest BCUT2D eigenvalue weighted by Crippen LogP contribution is 2.31. The van der Waals surface area contributed by atoms with Crippen LogP contribution in [-0.4, -0.2) is 17.0 Å². The molecule has 94 valence electrons. The van der Waals surface area contributed by atoms with Crippen LogP contribution in [-0.2, 0) is 0 Å². The SMILES string of the molecule is CNc1nc(-c2cc(Cl)ccc2Cl)nc(C)c1Br. The molecular formula is C12H10BrCl2N3. The lowest BCUT2D eigenvalue weighted by Crippen LogP contribution is -2.01. The second kappa shape index (κ2) is 5.43. The van der Waals surface area contributed by atoms with Crippen molar-refractivity contribution in [3.8, 4) is 11.4 Å². The number of nitrogens with one attached hydrogen (secondary N) is 1. The van der Waals surface area contributed by atoms with E-state index in [1.54, 1.807) is 25.2 Å². The van der Waals surface area contributed by atoms with Gasteiger partial charge in [-0.2, -0.15) is 0 Å². The van der Waals surface area contributed by atoms with E-state index in [1.165, 1.54) is 0 Å². The van der Waals surface area contributed by atoms with Crippen LogP contribution in [0, 0.1) is 6.92 Å². The predicted octanol–water partition coefficient (Wildman–Crippen LogP) is 4.56. The summed E-state index contributed by atoms with van der Waals surface area (Å²) in [5, 5.41) is 4.18. The van der Waals surface area contributed by atoms with Gasteiger partial charge in [-0.3, -0.25) is 0 Å². The topological polar surface area (TPSA) is 37.8 Å². The van der Waals surface area contributed by atoms with Crippen molar-refractivity contribution in [2.45, 2.75) is 6.92 Å². The van der Waals surface area contributed by atoms with E-state index in [0.717, 1.165) is 15.7 Å². The average molecular weight is 347 g/mol. The molecule has 0 radical (unpaired) electrons. The Balaban J connectivity index is 2.64. The highest BCUT2D eigenvalue weighted by Gasteiger charge is 2.12. The highest BCUT2D eigenvalue weighted by molar-refractivity contribution is 9.10. The van der Waals surface area contributed by atoms with Crippen molar-refractivity contribution < 1.29 is 0 Å². The molecule has 0 aliphatic heterocycles. The second-order valence-corrected chi connectivity index (χ2v) is 5.31. The number of anilines is 1. The third-order valence-corrected chi connectivity index (χ3v) is 3.94. The zero-order valence-electron chi connectivity index (χ0n) is 9.76. The van der Waals surface area contributed by atoms with Gasteiger partial charge in [-0.15, -0.1) is 0 Å². The molecule has 2 rings (SSSR count). The van der Waals surface area contributed by atoms with Crippen molar-refractivity contribution in [3.05, 3.63) is 38.4 Å². The number of halogens is 3. The van der Waals surface area contributed by atoms with Crippen LogP contribution in [0.4, 0.5) is 5.82 Å². The molecule has 0 fully saturated rings. The van der Waals surface area contributed by atoms with Gasteiger partial charge in [0.2, 0.25) is 0 Å². The van der Waals surface area contributed by atoms with Crippen molar-refractivity contribution in [2.24, 2.45) is 0 Å². The maximum atomic E-state index is 6.15. The van der Waals surface area contributed by atoms with E-state index in [0.29, 0.717) is 21.7 Å². The number of nitrogens with zero attached hydrogens (tertiary/aromatic N) is 2. The Labute approximate surface area is 124 Å². The molecule has 2 aromatic rings. The number of hydrogen-bond acceptors (Lipinski definition) is 3. The van der Waals surface area contributed by atoms with Crippen molar-refractivity contribution in [1.29, 1.82) is 0 Å². The lowest BCUT2D eigenvalue weighted by Gasteiger charge is -2.09. The lowest BCUT2D eigenvalue weighted by molar-refractivity contribution is 1.09. The molecule has 0 aliphatic rings. The third kappa shape index (κ3) is 2.60. The Kier molecular flexibility index (Phi) is 4.10. The summed E-state index contributed by atoms with van der Waals surface area (Å²) >= 11 is 15.6. The fourth-order valence-electron chi connectivity index (χ4n) is 1.51. The van der Waals surface area contributed by atoms with Gasteiger partial charge in [-0.1, -0.05) is 23.2 Å². The van der Waals surface area contributed by atoms with Gasteiger partial charge < -0.3 is 5.32 Å². The minimum atomic E-state index is 0.549. The molecule has 0 unspecified atom stereocenters. The largest absolute Gasteiger partial charge is 0.372 e. The molecule has 1 heterocycles. The van der Waals surface area contributed by atoms with Gasteiger partial charge in [0.1, 0.15) is 5.82 Å². The van der Waals surface area contributed by atoms with Gasteiger partial charge in [-0.25, -0.2) is 9.97 Å². The summed E-state index contributed by atoms with van der Waals surface area (Å²) in [7, 11) is 1.80. The summed E-state index contributed by atoms with van der Waals surface area (Å²) in [5.74, 6) is 1.26. The Bertz CT molecular complexity index is 602. The zero-order chi connectivity index (χ0) is 13.3. The first-order valence-electron chi connectivity index (χ1n) is 5.20. The molecular weight excluding hydrogens is 337 g/mol. The standard InChI is InChI=1S/C12H10BrCl2N3/c1-6-10(13)12(16-2)18-11(17-6)8-5-7(14)3-4-9(8)15/h3-5H,1-2H3,(H,16,17,18). The van der Waals surface area contributed by atoms with Crippen LogP contribution in [0.15, 0.2) is 22.7 Å². The first-order valence-corrected chi connectivity index (χ1v) is 6.75. The number of hydrogen-bond donors (Lipinski definition) is 1. The predicted molar refractivity (Wildman–Crippen MR) is 79.5 cm³/mol. The van der Waals surface area contributed by atoms with Gasteiger partial charge in [0, 0.05) is 17.6 Å². The monoisotopic (exact) mass is 345 g/mol. The number of benzene rings is 1.